The highest BCUT2D eigenvalue weighted by atomic mass is 32.1. The van der Waals surface area contributed by atoms with E-state index in [1.807, 2.05) is 0 Å². The zero-order chi connectivity index (χ0) is 14.0. The van der Waals surface area contributed by atoms with Crippen molar-refractivity contribution >= 4 is 16.5 Å². The monoisotopic (exact) mass is 269 g/mol. The number of hydrogen-bond acceptors (Lipinski definition) is 4. The Kier molecular flexibility index (Phi) is 4.78. The minimum Gasteiger partial charge on any atom is -0.351 e. The summed E-state index contributed by atoms with van der Waals surface area (Å²) in [5, 5.41) is 6.72. The fourth-order valence-electron chi connectivity index (χ4n) is 1.69. The number of nitrogens with one attached hydrogen (secondary N) is 1. The lowest BCUT2D eigenvalue weighted by atomic mass is 9.96. The second-order valence-corrected chi connectivity index (χ2v) is 7.98. The van der Waals surface area contributed by atoms with Crippen LogP contribution in [0.25, 0.3) is 0 Å². The van der Waals surface area contributed by atoms with Crippen LogP contribution in [0, 0.1) is 5.41 Å². The maximum atomic E-state index is 4.68. The molecule has 3 nitrogen and oxygen atoms in total. The van der Waals surface area contributed by atoms with E-state index in [0.29, 0.717) is 5.41 Å². The van der Waals surface area contributed by atoms with E-state index >= 15 is 0 Å². The van der Waals surface area contributed by atoms with E-state index < -0.39 is 0 Å². The molecule has 1 N–H and O–H groups in total. The van der Waals surface area contributed by atoms with Gasteiger partial charge in [-0.15, -0.1) is 11.3 Å². The van der Waals surface area contributed by atoms with Crippen molar-refractivity contribution in [3.05, 3.63) is 11.1 Å². The lowest BCUT2D eigenvalue weighted by Crippen LogP contribution is -2.35. The number of thiazole rings is 1. The first kappa shape index (κ1) is 15.4. The molecule has 0 atom stereocenters. The van der Waals surface area contributed by atoms with Gasteiger partial charge >= 0.3 is 0 Å². The van der Waals surface area contributed by atoms with Crippen molar-refractivity contribution in [2.24, 2.45) is 5.41 Å². The molecule has 0 aliphatic rings. The third-order valence-electron chi connectivity index (χ3n) is 2.38. The van der Waals surface area contributed by atoms with Crippen molar-refractivity contribution in [3.63, 3.8) is 0 Å². The maximum Gasteiger partial charge on any atom is 0.185 e. The van der Waals surface area contributed by atoms with E-state index in [0.717, 1.165) is 23.9 Å². The summed E-state index contributed by atoms with van der Waals surface area (Å²) in [7, 11) is 2.12. The van der Waals surface area contributed by atoms with Crippen LogP contribution in [0.1, 0.15) is 47.2 Å². The van der Waals surface area contributed by atoms with Gasteiger partial charge in [-0.25, -0.2) is 4.98 Å². The van der Waals surface area contributed by atoms with Gasteiger partial charge in [-0.2, -0.15) is 0 Å². The molecule has 0 saturated heterocycles. The Bertz CT molecular complexity index is 371. The van der Waals surface area contributed by atoms with Crippen molar-refractivity contribution in [1.82, 2.24) is 10.3 Å². The molecule has 0 saturated carbocycles. The van der Waals surface area contributed by atoms with Gasteiger partial charge in [0, 0.05) is 31.1 Å². The smallest absolute Gasteiger partial charge is 0.185 e. The molecule has 1 rings (SSSR count). The van der Waals surface area contributed by atoms with Crippen LogP contribution in [0.15, 0.2) is 5.38 Å². The number of anilines is 1. The highest BCUT2D eigenvalue weighted by Crippen LogP contribution is 2.23. The Morgan fingerprint density at radius 3 is 2.33 bits per heavy atom. The van der Waals surface area contributed by atoms with E-state index in [1.54, 1.807) is 11.3 Å². The number of aromatic nitrogens is 1. The number of hydrogen-bond donors (Lipinski definition) is 1. The first-order chi connectivity index (χ1) is 8.07. The molecule has 18 heavy (non-hydrogen) atoms. The highest BCUT2D eigenvalue weighted by molar-refractivity contribution is 7.13. The Labute approximate surface area is 116 Å². The molecule has 0 unspecified atom stereocenters. The molecule has 0 fully saturated rings. The fraction of sp³-hybridized carbons (Fsp3) is 0.786. The van der Waals surface area contributed by atoms with Gasteiger partial charge in [-0.3, -0.25) is 0 Å². The molecule has 0 amide bonds. The van der Waals surface area contributed by atoms with Crippen LogP contribution in [0.2, 0.25) is 0 Å². The normalized spacial score (nSPS) is 12.8. The molecule has 1 heterocycles. The number of nitrogens with zero attached hydrogens (tertiary/aromatic N) is 2. The van der Waals surface area contributed by atoms with Crippen LogP contribution >= 0.6 is 11.3 Å². The molecule has 104 valence electrons. The van der Waals surface area contributed by atoms with E-state index in [-0.39, 0.29) is 5.54 Å². The third-order valence-corrected chi connectivity index (χ3v) is 3.38. The highest BCUT2D eigenvalue weighted by Gasteiger charge is 2.16. The zero-order valence-corrected chi connectivity index (χ0v) is 13.6. The van der Waals surface area contributed by atoms with Crippen LogP contribution in [0.3, 0.4) is 0 Å². The molecular formula is C14H27N3S. The predicted octanol–water partition coefficient (Wildman–Crippen LogP) is 3.51. The minimum atomic E-state index is 0.140. The third kappa shape index (κ3) is 5.83. The van der Waals surface area contributed by atoms with E-state index in [4.69, 9.17) is 0 Å². The second kappa shape index (κ2) is 5.57. The summed E-state index contributed by atoms with van der Waals surface area (Å²) in [6.45, 7) is 15.1. The van der Waals surface area contributed by atoms with Gasteiger partial charge in [0.05, 0.1) is 5.69 Å². The summed E-state index contributed by atoms with van der Waals surface area (Å²) in [5.41, 5.74) is 1.57. The average molecular weight is 269 g/mol. The first-order valence-corrected chi connectivity index (χ1v) is 7.35. The van der Waals surface area contributed by atoms with Crippen molar-refractivity contribution in [3.8, 4) is 0 Å². The van der Waals surface area contributed by atoms with Gasteiger partial charge in [0.25, 0.3) is 0 Å². The molecule has 0 spiro atoms. The minimum absolute atomic E-state index is 0.140. The maximum absolute atomic E-state index is 4.68. The molecule has 1 aromatic rings. The Morgan fingerprint density at radius 1 is 1.22 bits per heavy atom. The molecule has 0 bridgehead atoms. The van der Waals surface area contributed by atoms with E-state index in [2.05, 4.69) is 69.2 Å². The summed E-state index contributed by atoms with van der Waals surface area (Å²) in [5.74, 6) is 0. The van der Waals surface area contributed by atoms with E-state index in [1.165, 1.54) is 0 Å². The van der Waals surface area contributed by atoms with Crippen LogP contribution in [-0.2, 0) is 6.54 Å². The summed E-state index contributed by atoms with van der Waals surface area (Å²) >= 11 is 1.72. The van der Waals surface area contributed by atoms with Gasteiger partial charge in [-0.05, 0) is 26.2 Å². The van der Waals surface area contributed by atoms with Crippen molar-refractivity contribution in [2.75, 3.05) is 18.5 Å². The second-order valence-electron chi connectivity index (χ2n) is 7.14. The molecule has 4 heteroatoms. The summed E-state index contributed by atoms with van der Waals surface area (Å²) in [6, 6.07) is 0. The predicted molar refractivity (Wildman–Crippen MR) is 81.4 cm³/mol. The van der Waals surface area contributed by atoms with Crippen LogP contribution in [0.5, 0.6) is 0 Å². The standard InChI is InChI=1S/C14H27N3S/c1-13(2,3)10-17(7)12-16-11(9-18-12)8-15-14(4,5)6/h9,15H,8,10H2,1-7H3. The molecule has 0 radical (unpaired) electrons. The molecule has 0 aliphatic carbocycles. The van der Waals surface area contributed by atoms with Gasteiger partial charge < -0.3 is 10.2 Å². The first-order valence-electron chi connectivity index (χ1n) is 6.47. The van der Waals surface area contributed by atoms with Gasteiger partial charge in [0.1, 0.15) is 0 Å². The SMILES string of the molecule is CN(CC(C)(C)C)c1nc(CNC(C)(C)C)cs1. The van der Waals surface area contributed by atoms with Crippen LogP contribution in [-0.4, -0.2) is 24.1 Å². The number of rotatable bonds is 4. The largest absolute Gasteiger partial charge is 0.351 e. The summed E-state index contributed by atoms with van der Waals surface area (Å²) < 4.78 is 0. The van der Waals surface area contributed by atoms with Crippen molar-refractivity contribution < 1.29 is 0 Å². The zero-order valence-electron chi connectivity index (χ0n) is 12.8. The Morgan fingerprint density at radius 2 is 1.83 bits per heavy atom. The van der Waals surface area contributed by atoms with Crippen LogP contribution in [0.4, 0.5) is 5.13 Å². The van der Waals surface area contributed by atoms with Gasteiger partial charge in [0.15, 0.2) is 5.13 Å². The van der Waals surface area contributed by atoms with Gasteiger partial charge in [0.2, 0.25) is 0 Å². The fourth-order valence-corrected chi connectivity index (χ4v) is 2.48. The Balaban J connectivity index is 2.58. The van der Waals surface area contributed by atoms with Crippen molar-refractivity contribution in [2.45, 2.75) is 53.6 Å². The quantitative estimate of drug-likeness (QED) is 0.906. The molecular weight excluding hydrogens is 242 g/mol. The lowest BCUT2D eigenvalue weighted by molar-refractivity contribution is 0.417. The molecule has 1 aromatic heterocycles. The topological polar surface area (TPSA) is 28.2 Å². The van der Waals surface area contributed by atoms with Crippen molar-refractivity contribution in [1.29, 1.82) is 0 Å². The van der Waals surface area contributed by atoms with Gasteiger partial charge in [-0.1, -0.05) is 20.8 Å². The Hall–Kier alpha value is -0.610. The summed E-state index contributed by atoms with van der Waals surface area (Å²) in [6.07, 6.45) is 0. The van der Waals surface area contributed by atoms with Crippen LogP contribution < -0.4 is 10.2 Å². The summed E-state index contributed by atoms with van der Waals surface area (Å²) in [4.78, 5) is 6.92. The molecule has 0 aliphatic heterocycles. The molecule has 0 aromatic carbocycles. The van der Waals surface area contributed by atoms with E-state index in [9.17, 15) is 0 Å². The average Bonchev–Trinajstić information content (AvgIpc) is 2.58. The lowest BCUT2D eigenvalue weighted by Gasteiger charge is -2.26.